The van der Waals surface area contributed by atoms with Gasteiger partial charge in [0.2, 0.25) is 5.91 Å². The van der Waals surface area contributed by atoms with Gasteiger partial charge in [-0.25, -0.2) is 4.39 Å². The number of hydrogen-bond acceptors (Lipinski definition) is 2. The number of carbonyl (C=O) groups excluding carboxylic acids is 1. The van der Waals surface area contributed by atoms with Crippen molar-refractivity contribution in [3.63, 3.8) is 0 Å². The van der Waals surface area contributed by atoms with Gasteiger partial charge >= 0.3 is 12.4 Å². The Hall–Kier alpha value is -2.59. The number of alkyl halides is 6. The van der Waals surface area contributed by atoms with E-state index in [2.05, 4.69) is 10.4 Å². The number of aromatic nitrogens is 2. The largest absolute Gasteiger partial charge is 0.435 e. The van der Waals surface area contributed by atoms with Gasteiger partial charge in [0.25, 0.3) is 0 Å². The van der Waals surface area contributed by atoms with Crippen LogP contribution in [0.5, 0.6) is 0 Å². The van der Waals surface area contributed by atoms with Crippen molar-refractivity contribution in [3.05, 3.63) is 52.1 Å². The van der Waals surface area contributed by atoms with Gasteiger partial charge < -0.3 is 5.32 Å². The average molecular weight is 423 g/mol. The Morgan fingerprint density at radius 1 is 1.07 bits per heavy atom. The molecule has 1 heterocycles. The number of rotatable bonds is 4. The Labute approximate surface area is 160 Å². The normalized spacial score (nSPS) is 14.6. The Bertz CT molecular complexity index is 915. The van der Waals surface area contributed by atoms with E-state index in [4.69, 9.17) is 0 Å². The van der Waals surface area contributed by atoms with Gasteiger partial charge in [-0.1, -0.05) is 6.07 Å². The molecule has 0 radical (unpaired) electrons. The lowest BCUT2D eigenvalue weighted by Crippen LogP contribution is -2.28. The number of nitrogens with zero attached hydrogens (tertiary/aromatic N) is 2. The maximum atomic E-state index is 13.3. The molecule has 1 aliphatic rings. The minimum atomic E-state index is -4.88. The third kappa shape index (κ3) is 4.70. The summed E-state index contributed by atoms with van der Waals surface area (Å²) in [4.78, 5) is 12.1. The summed E-state index contributed by atoms with van der Waals surface area (Å²) < 4.78 is 92.0. The van der Waals surface area contributed by atoms with Gasteiger partial charge in [-0.15, -0.1) is 0 Å². The quantitative estimate of drug-likeness (QED) is 0.748. The predicted octanol–water partition coefficient (Wildman–Crippen LogP) is 4.26. The lowest BCUT2D eigenvalue weighted by Gasteiger charge is -2.15. The summed E-state index contributed by atoms with van der Waals surface area (Å²) in [5, 5.41) is 5.88. The Morgan fingerprint density at radius 3 is 2.41 bits per heavy atom. The van der Waals surface area contributed by atoms with Crippen LogP contribution in [0.1, 0.15) is 40.9 Å². The standard InChI is InChI=1S/C18H16F7N3O/c19-13-6-5-10(7-12(13)17(20,21)22)8-26-15(29)9-28-14-4-2-1-3-11(14)16(27-28)18(23,24)25/h5-7H,1-4,8-9H2,(H,26,29). The Kier molecular flexibility index (Phi) is 5.59. The van der Waals surface area contributed by atoms with E-state index in [1.165, 1.54) is 0 Å². The van der Waals surface area contributed by atoms with Crippen LogP contribution in [0.25, 0.3) is 0 Å². The summed E-state index contributed by atoms with van der Waals surface area (Å²) in [6.07, 6.45) is -7.66. The van der Waals surface area contributed by atoms with Crippen molar-refractivity contribution in [1.29, 1.82) is 0 Å². The molecule has 11 heteroatoms. The van der Waals surface area contributed by atoms with E-state index in [9.17, 15) is 35.5 Å². The number of halogens is 7. The Balaban J connectivity index is 1.72. The van der Waals surface area contributed by atoms with Crippen molar-refractivity contribution in [2.75, 3.05) is 0 Å². The lowest BCUT2D eigenvalue weighted by atomic mass is 9.95. The molecule has 0 unspecified atom stereocenters. The molecule has 1 aliphatic carbocycles. The molecule has 4 nitrogen and oxygen atoms in total. The summed E-state index contributed by atoms with van der Waals surface area (Å²) in [6, 6.07) is 2.30. The molecule has 3 rings (SSSR count). The number of nitrogens with one attached hydrogen (secondary N) is 1. The average Bonchev–Trinajstić information content (AvgIpc) is 2.99. The summed E-state index contributed by atoms with van der Waals surface area (Å²) in [7, 11) is 0. The first-order chi connectivity index (χ1) is 13.5. The zero-order valence-corrected chi connectivity index (χ0v) is 14.9. The summed E-state index contributed by atoms with van der Waals surface area (Å²) >= 11 is 0. The molecule has 0 bridgehead atoms. The van der Waals surface area contributed by atoms with Gasteiger partial charge in [0.05, 0.1) is 5.56 Å². The SMILES string of the molecule is O=C(Cn1nc(C(F)(F)F)c2c1CCCC2)NCc1ccc(F)c(C(F)(F)F)c1. The van der Waals surface area contributed by atoms with E-state index >= 15 is 0 Å². The van der Waals surface area contributed by atoms with Crippen LogP contribution < -0.4 is 5.32 Å². The topological polar surface area (TPSA) is 46.9 Å². The molecule has 0 aliphatic heterocycles. The van der Waals surface area contributed by atoms with Crippen molar-refractivity contribution in [3.8, 4) is 0 Å². The van der Waals surface area contributed by atoms with Crippen LogP contribution in [0.2, 0.25) is 0 Å². The molecule has 1 amide bonds. The van der Waals surface area contributed by atoms with Crippen molar-refractivity contribution < 1.29 is 35.5 Å². The van der Waals surface area contributed by atoms with Gasteiger partial charge in [0, 0.05) is 17.8 Å². The van der Waals surface area contributed by atoms with E-state index in [1.54, 1.807) is 0 Å². The van der Waals surface area contributed by atoms with Crippen molar-refractivity contribution in [1.82, 2.24) is 15.1 Å². The van der Waals surface area contributed by atoms with Crippen molar-refractivity contribution in [2.24, 2.45) is 0 Å². The minimum absolute atomic E-state index is 0.00514. The van der Waals surface area contributed by atoms with E-state index < -0.39 is 41.9 Å². The maximum Gasteiger partial charge on any atom is 0.435 e. The van der Waals surface area contributed by atoms with Crippen LogP contribution in [0.15, 0.2) is 18.2 Å². The van der Waals surface area contributed by atoms with E-state index in [0.29, 0.717) is 37.1 Å². The van der Waals surface area contributed by atoms with E-state index in [0.717, 1.165) is 10.7 Å². The number of carbonyl (C=O) groups is 1. The monoisotopic (exact) mass is 423 g/mol. The van der Waals surface area contributed by atoms with Crippen molar-refractivity contribution in [2.45, 2.75) is 51.1 Å². The third-order valence-corrected chi connectivity index (χ3v) is 4.64. The number of fused-ring (bicyclic) bond motifs is 1. The molecule has 0 spiro atoms. The van der Waals surface area contributed by atoms with Gasteiger partial charge in [-0.3, -0.25) is 9.48 Å². The minimum Gasteiger partial charge on any atom is -0.350 e. The highest BCUT2D eigenvalue weighted by molar-refractivity contribution is 5.75. The first kappa shape index (κ1) is 21.1. The summed E-state index contributed by atoms with van der Waals surface area (Å²) in [5.41, 5.74) is -2.02. The Morgan fingerprint density at radius 2 is 1.76 bits per heavy atom. The molecule has 0 fully saturated rings. The second-order valence-corrected chi connectivity index (χ2v) is 6.73. The number of benzene rings is 1. The lowest BCUT2D eigenvalue weighted by molar-refractivity contribution is -0.142. The second-order valence-electron chi connectivity index (χ2n) is 6.73. The third-order valence-electron chi connectivity index (χ3n) is 4.64. The van der Waals surface area contributed by atoms with E-state index in [1.807, 2.05) is 0 Å². The smallest absolute Gasteiger partial charge is 0.350 e. The van der Waals surface area contributed by atoms with Gasteiger partial charge in [-0.2, -0.15) is 31.4 Å². The molecule has 158 valence electrons. The van der Waals surface area contributed by atoms with Crippen LogP contribution in [0.4, 0.5) is 30.7 Å². The second kappa shape index (κ2) is 7.68. The van der Waals surface area contributed by atoms with Gasteiger partial charge in [0.15, 0.2) is 5.69 Å². The van der Waals surface area contributed by atoms with Gasteiger partial charge in [0.1, 0.15) is 12.4 Å². The van der Waals surface area contributed by atoms with Crippen LogP contribution in [-0.4, -0.2) is 15.7 Å². The predicted molar refractivity (Wildman–Crippen MR) is 87.1 cm³/mol. The summed E-state index contributed by atoms with van der Waals surface area (Å²) in [6.45, 7) is -0.830. The highest BCUT2D eigenvalue weighted by atomic mass is 19.4. The zero-order chi connectivity index (χ0) is 21.4. The van der Waals surface area contributed by atoms with Crippen LogP contribution in [-0.2, 0) is 43.1 Å². The van der Waals surface area contributed by atoms with E-state index in [-0.39, 0.29) is 24.1 Å². The van der Waals surface area contributed by atoms with Crippen molar-refractivity contribution >= 4 is 5.91 Å². The van der Waals surface area contributed by atoms with Crippen LogP contribution in [0, 0.1) is 5.82 Å². The zero-order valence-electron chi connectivity index (χ0n) is 14.9. The maximum absolute atomic E-state index is 13.3. The molecule has 29 heavy (non-hydrogen) atoms. The molecular formula is C18H16F7N3O. The molecule has 0 saturated heterocycles. The number of amides is 1. The van der Waals surface area contributed by atoms with Crippen LogP contribution in [0.3, 0.4) is 0 Å². The molecule has 0 atom stereocenters. The number of hydrogen-bond donors (Lipinski definition) is 1. The molecular weight excluding hydrogens is 407 g/mol. The highest BCUT2D eigenvalue weighted by Gasteiger charge is 2.39. The molecule has 2 aromatic rings. The molecule has 1 N–H and O–H groups in total. The molecule has 1 aromatic carbocycles. The first-order valence-electron chi connectivity index (χ1n) is 8.75. The fourth-order valence-electron chi connectivity index (χ4n) is 3.32. The van der Waals surface area contributed by atoms with Crippen LogP contribution >= 0.6 is 0 Å². The molecule has 0 saturated carbocycles. The highest BCUT2D eigenvalue weighted by Crippen LogP contribution is 2.36. The van der Waals surface area contributed by atoms with Gasteiger partial charge in [-0.05, 0) is 43.4 Å². The summed E-state index contributed by atoms with van der Waals surface area (Å²) in [5.74, 6) is -2.15. The molecule has 1 aromatic heterocycles. The fourth-order valence-corrected chi connectivity index (χ4v) is 3.32. The fraction of sp³-hybridized carbons (Fsp3) is 0.444. The first-order valence-corrected chi connectivity index (χ1v) is 8.75.